The van der Waals surface area contributed by atoms with Crippen LogP contribution in [0.4, 0.5) is 0 Å². The highest BCUT2D eigenvalue weighted by atomic mass is 32.2. The molecule has 1 atom stereocenters. The molecule has 0 aliphatic carbocycles. The Kier molecular flexibility index (Phi) is 6.20. The van der Waals surface area contributed by atoms with Crippen molar-refractivity contribution in [1.82, 2.24) is 9.79 Å². The van der Waals surface area contributed by atoms with Gasteiger partial charge in [0.05, 0.1) is 4.90 Å². The molecule has 1 heterocycles. The van der Waals surface area contributed by atoms with Gasteiger partial charge < -0.3 is 4.74 Å². The molecule has 1 aromatic carbocycles. The number of nitrogens with zero attached hydrogens (tertiary/aromatic N) is 1. The highest BCUT2D eigenvalue weighted by Crippen LogP contribution is 2.26. The zero-order valence-electron chi connectivity index (χ0n) is 13.4. The maximum atomic E-state index is 12.8. The molecule has 1 amide bonds. The van der Waals surface area contributed by atoms with Crippen molar-refractivity contribution >= 4 is 15.9 Å². The van der Waals surface area contributed by atoms with E-state index in [0.717, 1.165) is 10.7 Å². The third-order valence-corrected chi connectivity index (χ3v) is 5.71. The Hall–Kier alpha value is -2.08. The molecule has 1 aromatic rings. The van der Waals surface area contributed by atoms with Crippen LogP contribution in [0.25, 0.3) is 0 Å². The molecule has 0 unspecified atom stereocenters. The molecular formula is C16H20N2O5S. The predicted octanol–water partition coefficient (Wildman–Crippen LogP) is 1.14. The fourth-order valence-corrected chi connectivity index (χ4v) is 4.22. The van der Waals surface area contributed by atoms with Crippen LogP contribution in [-0.2, 0) is 14.8 Å². The van der Waals surface area contributed by atoms with Gasteiger partial charge in [-0.2, -0.15) is 4.31 Å². The fraction of sp³-hybridized carbons (Fsp3) is 0.438. The number of nitrogens with one attached hydrogen (secondary N) is 1. The first-order valence-corrected chi connectivity index (χ1v) is 9.03. The van der Waals surface area contributed by atoms with Crippen LogP contribution in [0.5, 0.6) is 5.75 Å². The van der Waals surface area contributed by atoms with E-state index >= 15 is 0 Å². The van der Waals surface area contributed by atoms with Crippen LogP contribution in [0.2, 0.25) is 0 Å². The first kappa shape index (κ1) is 18.3. The average Bonchev–Trinajstić information content (AvgIpc) is 2.61. The molecule has 2 rings (SSSR count). The minimum absolute atomic E-state index is 0.0778. The van der Waals surface area contributed by atoms with Crippen molar-refractivity contribution in [2.75, 3.05) is 13.2 Å². The highest BCUT2D eigenvalue weighted by Gasteiger charge is 2.37. The Bertz CT molecular complexity index is 734. The summed E-state index contributed by atoms with van der Waals surface area (Å²) in [5, 5.41) is 8.83. The minimum atomic E-state index is -3.83. The first-order valence-electron chi connectivity index (χ1n) is 7.59. The Morgan fingerprint density at radius 3 is 2.71 bits per heavy atom. The number of ether oxygens (including phenoxy) is 1. The van der Waals surface area contributed by atoms with Crippen LogP contribution < -0.4 is 10.2 Å². The number of hydroxylamine groups is 1. The van der Waals surface area contributed by atoms with E-state index in [1.807, 2.05) is 0 Å². The summed E-state index contributed by atoms with van der Waals surface area (Å²) in [7, 11) is -3.83. The second kappa shape index (κ2) is 8.15. The molecule has 24 heavy (non-hydrogen) atoms. The summed E-state index contributed by atoms with van der Waals surface area (Å²) < 4.78 is 32.1. The monoisotopic (exact) mass is 352 g/mol. The van der Waals surface area contributed by atoms with Crippen molar-refractivity contribution in [1.29, 1.82) is 0 Å². The van der Waals surface area contributed by atoms with Gasteiger partial charge in [0.15, 0.2) is 0 Å². The van der Waals surface area contributed by atoms with Crippen molar-refractivity contribution in [2.45, 2.75) is 37.1 Å². The fourth-order valence-electron chi connectivity index (χ4n) is 2.56. The number of carbonyl (C=O) groups excluding carboxylic acids is 1. The maximum Gasteiger partial charge on any atom is 0.261 e. The van der Waals surface area contributed by atoms with Crippen molar-refractivity contribution in [3.63, 3.8) is 0 Å². The van der Waals surface area contributed by atoms with Gasteiger partial charge in [-0.15, -0.1) is 5.92 Å². The van der Waals surface area contributed by atoms with Crippen molar-refractivity contribution in [2.24, 2.45) is 0 Å². The van der Waals surface area contributed by atoms with Gasteiger partial charge in [0, 0.05) is 6.54 Å². The van der Waals surface area contributed by atoms with E-state index in [1.54, 1.807) is 24.5 Å². The standard InChI is InChI=1S/C16H20N2O5S/c1-2-3-12-23-13-7-9-14(10-8-13)24(21,22)18-11-5-4-6-15(18)16(19)17-20/h7-10,15,20H,4-6,11-12H2,1H3,(H,17,19)/t15-/m1/s1. The zero-order valence-corrected chi connectivity index (χ0v) is 14.2. The third kappa shape index (κ3) is 4.06. The van der Waals surface area contributed by atoms with Crippen LogP contribution in [0, 0.1) is 11.8 Å². The van der Waals surface area contributed by atoms with Gasteiger partial charge in [-0.25, -0.2) is 13.9 Å². The van der Waals surface area contributed by atoms with Gasteiger partial charge in [-0.05, 0) is 44.0 Å². The number of amides is 1. The highest BCUT2D eigenvalue weighted by molar-refractivity contribution is 7.89. The second-order valence-electron chi connectivity index (χ2n) is 5.29. The number of carbonyl (C=O) groups is 1. The lowest BCUT2D eigenvalue weighted by Crippen LogP contribution is -2.51. The van der Waals surface area contributed by atoms with Crippen LogP contribution in [0.3, 0.4) is 0 Å². The van der Waals surface area contributed by atoms with Gasteiger partial charge in [-0.1, -0.05) is 12.3 Å². The normalized spacial score (nSPS) is 18.3. The molecule has 0 aromatic heterocycles. The molecular weight excluding hydrogens is 332 g/mol. The molecule has 1 aliphatic heterocycles. The molecule has 0 radical (unpaired) electrons. The topological polar surface area (TPSA) is 95.9 Å². The number of sulfonamides is 1. The van der Waals surface area contributed by atoms with Crippen LogP contribution in [0.1, 0.15) is 26.2 Å². The molecule has 130 valence electrons. The number of hydrogen-bond acceptors (Lipinski definition) is 5. The van der Waals surface area contributed by atoms with Gasteiger partial charge in [0.25, 0.3) is 5.91 Å². The molecule has 0 bridgehead atoms. The number of piperidine rings is 1. The lowest BCUT2D eigenvalue weighted by Gasteiger charge is -2.33. The molecule has 7 nitrogen and oxygen atoms in total. The van der Waals surface area contributed by atoms with Crippen molar-refractivity contribution < 1.29 is 23.2 Å². The Morgan fingerprint density at radius 2 is 2.08 bits per heavy atom. The van der Waals surface area contributed by atoms with E-state index in [2.05, 4.69) is 11.8 Å². The summed E-state index contributed by atoms with van der Waals surface area (Å²) in [5.74, 6) is 5.26. The molecule has 1 saturated heterocycles. The summed E-state index contributed by atoms with van der Waals surface area (Å²) in [6.45, 7) is 2.18. The first-order chi connectivity index (χ1) is 11.5. The summed E-state index contributed by atoms with van der Waals surface area (Å²) in [6.07, 6.45) is 1.78. The lowest BCUT2D eigenvalue weighted by molar-refractivity contribution is -0.134. The summed E-state index contributed by atoms with van der Waals surface area (Å²) >= 11 is 0. The summed E-state index contributed by atoms with van der Waals surface area (Å²) in [6, 6.07) is 5.08. The molecule has 1 aliphatic rings. The second-order valence-corrected chi connectivity index (χ2v) is 7.18. The smallest absolute Gasteiger partial charge is 0.261 e. The number of rotatable bonds is 5. The Balaban J connectivity index is 2.21. The van der Waals surface area contributed by atoms with E-state index in [-0.39, 0.29) is 18.0 Å². The van der Waals surface area contributed by atoms with Gasteiger partial charge in [0.2, 0.25) is 10.0 Å². The SMILES string of the molecule is CC#CCOc1ccc(S(=O)(=O)N2CCCC[C@@H]2C(=O)NO)cc1. The molecule has 0 spiro atoms. The third-order valence-electron chi connectivity index (χ3n) is 3.78. The van der Waals surface area contributed by atoms with E-state index in [1.165, 1.54) is 12.1 Å². The van der Waals surface area contributed by atoms with Crippen molar-refractivity contribution in [3.05, 3.63) is 24.3 Å². The number of hydrogen-bond donors (Lipinski definition) is 2. The predicted molar refractivity (Wildman–Crippen MR) is 86.8 cm³/mol. The number of benzene rings is 1. The Labute approximate surface area is 141 Å². The van der Waals surface area contributed by atoms with Crippen LogP contribution in [0.15, 0.2) is 29.2 Å². The molecule has 2 N–H and O–H groups in total. The van der Waals surface area contributed by atoms with Crippen molar-refractivity contribution in [3.8, 4) is 17.6 Å². The average molecular weight is 352 g/mol. The van der Waals surface area contributed by atoms with E-state index in [9.17, 15) is 13.2 Å². The molecule has 0 saturated carbocycles. The van der Waals surface area contributed by atoms with E-state index in [4.69, 9.17) is 9.94 Å². The van der Waals surface area contributed by atoms with E-state index in [0.29, 0.717) is 18.6 Å². The summed E-state index contributed by atoms with van der Waals surface area (Å²) in [4.78, 5) is 11.8. The van der Waals surface area contributed by atoms with Crippen LogP contribution in [-0.4, -0.2) is 43.0 Å². The molecule has 1 fully saturated rings. The van der Waals surface area contributed by atoms with Gasteiger partial charge in [0.1, 0.15) is 18.4 Å². The van der Waals surface area contributed by atoms with E-state index < -0.39 is 22.0 Å². The van der Waals surface area contributed by atoms with Crippen LogP contribution >= 0.6 is 0 Å². The lowest BCUT2D eigenvalue weighted by atomic mass is 10.0. The largest absolute Gasteiger partial charge is 0.481 e. The Morgan fingerprint density at radius 1 is 1.38 bits per heavy atom. The molecule has 8 heteroatoms. The quantitative estimate of drug-likeness (QED) is 0.471. The van der Waals surface area contributed by atoms with Gasteiger partial charge in [-0.3, -0.25) is 10.0 Å². The van der Waals surface area contributed by atoms with Gasteiger partial charge >= 0.3 is 0 Å². The maximum absolute atomic E-state index is 12.8. The minimum Gasteiger partial charge on any atom is -0.481 e. The summed E-state index contributed by atoms with van der Waals surface area (Å²) in [5.41, 5.74) is 1.55. The zero-order chi connectivity index (χ0) is 17.6.